The van der Waals surface area contributed by atoms with Crippen LogP contribution in [0.15, 0.2) is 11.6 Å². The van der Waals surface area contributed by atoms with Gasteiger partial charge in [0.15, 0.2) is 0 Å². The van der Waals surface area contributed by atoms with E-state index >= 15 is 0 Å². The summed E-state index contributed by atoms with van der Waals surface area (Å²) in [6, 6.07) is 0. The van der Waals surface area contributed by atoms with Crippen LogP contribution in [0.25, 0.3) is 0 Å². The van der Waals surface area contributed by atoms with Gasteiger partial charge in [-0.2, -0.15) is 0 Å². The zero-order chi connectivity index (χ0) is 10.2. The van der Waals surface area contributed by atoms with Gasteiger partial charge in [-0.3, -0.25) is 0 Å². The Bertz CT molecular complexity index is 238. The van der Waals surface area contributed by atoms with E-state index in [1.807, 2.05) is 0 Å². The zero-order valence-corrected chi connectivity index (χ0v) is 9.77. The molecule has 2 aliphatic rings. The third-order valence-electron chi connectivity index (χ3n) is 3.70. The van der Waals surface area contributed by atoms with Crippen LogP contribution >= 0.6 is 0 Å². The molecule has 0 bridgehead atoms. The van der Waals surface area contributed by atoms with Crippen LogP contribution < -0.4 is 5.32 Å². The van der Waals surface area contributed by atoms with Crippen LogP contribution in [0.4, 0.5) is 0 Å². The van der Waals surface area contributed by atoms with Gasteiger partial charge in [0.2, 0.25) is 0 Å². The fourth-order valence-corrected chi connectivity index (χ4v) is 2.60. The molecule has 1 saturated carbocycles. The van der Waals surface area contributed by atoms with Crippen LogP contribution in [0.2, 0.25) is 0 Å². The number of hydrogen-bond donors (Lipinski definition) is 1. The minimum absolute atomic E-state index is 0.512. The van der Waals surface area contributed by atoms with Gasteiger partial charge >= 0.3 is 0 Å². The summed E-state index contributed by atoms with van der Waals surface area (Å²) in [5, 5.41) is 3.72. The Morgan fingerprint density at radius 3 is 2.79 bits per heavy atom. The maximum Gasteiger partial charge on any atom is 0.0154 e. The highest BCUT2D eigenvalue weighted by atomic mass is 15.0. The normalized spacial score (nSPS) is 35.2. The molecule has 0 aliphatic heterocycles. The molecule has 0 radical (unpaired) electrons. The van der Waals surface area contributed by atoms with E-state index in [0.29, 0.717) is 5.54 Å². The SMILES string of the molecule is CC1=CC(C)CC(CNC2(C)CC2)C1. The van der Waals surface area contributed by atoms with Crippen molar-refractivity contribution in [3.63, 3.8) is 0 Å². The first kappa shape index (κ1) is 10.2. The highest BCUT2D eigenvalue weighted by Crippen LogP contribution is 2.35. The number of allylic oxidation sites excluding steroid dienone is 2. The molecule has 0 spiro atoms. The van der Waals surface area contributed by atoms with Crippen LogP contribution in [-0.2, 0) is 0 Å². The van der Waals surface area contributed by atoms with Crippen molar-refractivity contribution in [1.29, 1.82) is 0 Å². The molecule has 1 heteroatoms. The molecule has 1 nitrogen and oxygen atoms in total. The topological polar surface area (TPSA) is 12.0 Å². The summed E-state index contributed by atoms with van der Waals surface area (Å²) in [5.74, 6) is 1.68. The molecule has 0 aromatic rings. The molecule has 2 unspecified atom stereocenters. The van der Waals surface area contributed by atoms with E-state index in [4.69, 9.17) is 0 Å². The molecule has 14 heavy (non-hydrogen) atoms. The molecule has 0 aromatic carbocycles. The second kappa shape index (κ2) is 3.69. The summed E-state index contributed by atoms with van der Waals surface area (Å²) in [6.45, 7) is 8.20. The molecule has 2 aliphatic carbocycles. The number of hydrogen-bond acceptors (Lipinski definition) is 1. The largest absolute Gasteiger partial charge is 0.311 e. The summed E-state index contributed by atoms with van der Waals surface area (Å²) in [5.41, 5.74) is 2.11. The maximum absolute atomic E-state index is 3.72. The third-order valence-corrected chi connectivity index (χ3v) is 3.70. The van der Waals surface area contributed by atoms with Gasteiger partial charge in [-0.15, -0.1) is 0 Å². The monoisotopic (exact) mass is 193 g/mol. The minimum atomic E-state index is 0.512. The van der Waals surface area contributed by atoms with Crippen molar-refractivity contribution in [2.75, 3.05) is 6.54 Å². The molecule has 1 N–H and O–H groups in total. The molecule has 0 heterocycles. The first-order valence-corrected chi connectivity index (χ1v) is 6.00. The highest BCUT2D eigenvalue weighted by Gasteiger charge is 2.37. The third kappa shape index (κ3) is 2.60. The predicted molar refractivity (Wildman–Crippen MR) is 61.3 cm³/mol. The van der Waals surface area contributed by atoms with Gasteiger partial charge in [0.05, 0.1) is 0 Å². The van der Waals surface area contributed by atoms with E-state index in [1.165, 1.54) is 32.2 Å². The molecule has 2 rings (SSSR count). The van der Waals surface area contributed by atoms with Crippen molar-refractivity contribution in [3.05, 3.63) is 11.6 Å². The van der Waals surface area contributed by atoms with Gasteiger partial charge in [0.25, 0.3) is 0 Å². The standard InChI is InChI=1S/C13H23N/c1-10-6-11(2)8-12(7-10)9-14-13(3)4-5-13/h6,10,12,14H,4-5,7-9H2,1-3H3. The Balaban J connectivity index is 1.79. The Morgan fingerprint density at radius 2 is 2.21 bits per heavy atom. The molecule has 80 valence electrons. The Morgan fingerprint density at radius 1 is 1.50 bits per heavy atom. The van der Waals surface area contributed by atoms with Crippen LogP contribution in [0.5, 0.6) is 0 Å². The average Bonchev–Trinajstić information content (AvgIpc) is 2.80. The predicted octanol–water partition coefficient (Wildman–Crippen LogP) is 3.12. The van der Waals surface area contributed by atoms with Crippen molar-refractivity contribution < 1.29 is 0 Å². The van der Waals surface area contributed by atoms with E-state index in [-0.39, 0.29) is 0 Å². The summed E-state index contributed by atoms with van der Waals surface area (Å²) in [7, 11) is 0. The molecule has 0 aromatic heterocycles. The van der Waals surface area contributed by atoms with Crippen molar-refractivity contribution in [2.24, 2.45) is 11.8 Å². The van der Waals surface area contributed by atoms with Crippen molar-refractivity contribution in [3.8, 4) is 0 Å². The zero-order valence-electron chi connectivity index (χ0n) is 9.77. The van der Waals surface area contributed by atoms with E-state index in [2.05, 4.69) is 32.2 Å². The fourth-order valence-electron chi connectivity index (χ4n) is 2.60. The summed E-state index contributed by atoms with van der Waals surface area (Å²) < 4.78 is 0. The number of nitrogens with one attached hydrogen (secondary N) is 1. The Hall–Kier alpha value is -0.300. The van der Waals surface area contributed by atoms with Gasteiger partial charge in [-0.05, 0) is 57.9 Å². The van der Waals surface area contributed by atoms with Gasteiger partial charge in [0.1, 0.15) is 0 Å². The van der Waals surface area contributed by atoms with Gasteiger partial charge in [-0.25, -0.2) is 0 Å². The molecule has 2 atom stereocenters. The summed E-state index contributed by atoms with van der Waals surface area (Å²) in [4.78, 5) is 0. The van der Waals surface area contributed by atoms with E-state index in [1.54, 1.807) is 5.57 Å². The summed E-state index contributed by atoms with van der Waals surface area (Å²) in [6.07, 6.45) is 7.89. The molecule has 1 fully saturated rings. The lowest BCUT2D eigenvalue weighted by Crippen LogP contribution is -2.34. The van der Waals surface area contributed by atoms with E-state index in [0.717, 1.165) is 11.8 Å². The van der Waals surface area contributed by atoms with Crippen LogP contribution in [-0.4, -0.2) is 12.1 Å². The van der Waals surface area contributed by atoms with E-state index < -0.39 is 0 Å². The van der Waals surface area contributed by atoms with Crippen LogP contribution in [0, 0.1) is 11.8 Å². The first-order valence-electron chi connectivity index (χ1n) is 6.00. The lowest BCUT2D eigenvalue weighted by Gasteiger charge is -2.27. The number of rotatable bonds is 3. The van der Waals surface area contributed by atoms with Crippen LogP contribution in [0.3, 0.4) is 0 Å². The van der Waals surface area contributed by atoms with Gasteiger partial charge in [0, 0.05) is 5.54 Å². The lowest BCUT2D eigenvalue weighted by atomic mass is 9.83. The highest BCUT2D eigenvalue weighted by molar-refractivity contribution is 5.07. The van der Waals surface area contributed by atoms with E-state index in [9.17, 15) is 0 Å². The van der Waals surface area contributed by atoms with Gasteiger partial charge < -0.3 is 5.32 Å². The second-order valence-electron chi connectivity index (χ2n) is 5.74. The van der Waals surface area contributed by atoms with Crippen molar-refractivity contribution >= 4 is 0 Å². The Kier molecular flexibility index (Phi) is 2.70. The average molecular weight is 193 g/mol. The first-order chi connectivity index (χ1) is 6.57. The van der Waals surface area contributed by atoms with Crippen molar-refractivity contribution in [2.45, 2.75) is 52.0 Å². The maximum atomic E-state index is 3.72. The van der Waals surface area contributed by atoms with Crippen LogP contribution in [0.1, 0.15) is 46.5 Å². The minimum Gasteiger partial charge on any atom is -0.311 e. The Labute approximate surface area is 88.0 Å². The molecular weight excluding hydrogens is 170 g/mol. The fraction of sp³-hybridized carbons (Fsp3) is 0.846. The second-order valence-corrected chi connectivity index (χ2v) is 5.74. The molecule has 0 saturated heterocycles. The van der Waals surface area contributed by atoms with Crippen molar-refractivity contribution in [1.82, 2.24) is 5.32 Å². The lowest BCUT2D eigenvalue weighted by molar-refractivity contribution is 0.359. The summed E-state index contributed by atoms with van der Waals surface area (Å²) >= 11 is 0. The smallest absolute Gasteiger partial charge is 0.0154 e. The quantitative estimate of drug-likeness (QED) is 0.679. The molecule has 0 amide bonds. The van der Waals surface area contributed by atoms with Gasteiger partial charge in [-0.1, -0.05) is 18.6 Å². The molecular formula is C13H23N.